The molecule has 2 aliphatic heterocycles. The van der Waals surface area contributed by atoms with Crippen LogP contribution < -0.4 is 9.64 Å². The Morgan fingerprint density at radius 2 is 1.83 bits per heavy atom. The SMILES string of the molecule is CC(C)(C)OC(=O)N1CCc2cc3c(cc2CC1)N(Cc1cccc(F)c1)CCO3. The van der Waals surface area contributed by atoms with Gasteiger partial charge in [0.25, 0.3) is 0 Å². The number of benzene rings is 2. The lowest BCUT2D eigenvalue weighted by Crippen LogP contribution is -2.38. The van der Waals surface area contributed by atoms with Crippen LogP contribution in [0.2, 0.25) is 0 Å². The minimum atomic E-state index is -0.499. The van der Waals surface area contributed by atoms with E-state index in [0.717, 1.165) is 36.4 Å². The number of nitrogens with zero attached hydrogens (tertiary/aromatic N) is 2. The van der Waals surface area contributed by atoms with Gasteiger partial charge >= 0.3 is 6.09 Å². The Balaban J connectivity index is 1.53. The molecule has 0 aromatic heterocycles. The molecule has 1 amide bonds. The molecule has 0 N–H and O–H groups in total. The summed E-state index contributed by atoms with van der Waals surface area (Å²) in [5.74, 6) is 0.646. The highest BCUT2D eigenvalue weighted by molar-refractivity contribution is 5.69. The molecule has 0 radical (unpaired) electrons. The fourth-order valence-corrected chi connectivity index (χ4v) is 4.02. The van der Waals surface area contributed by atoms with Crippen molar-refractivity contribution in [1.82, 2.24) is 4.90 Å². The number of amides is 1. The highest BCUT2D eigenvalue weighted by Gasteiger charge is 2.26. The Kier molecular flexibility index (Phi) is 5.58. The maximum Gasteiger partial charge on any atom is 0.410 e. The second kappa shape index (κ2) is 8.17. The molecule has 2 aromatic carbocycles. The van der Waals surface area contributed by atoms with Crippen molar-refractivity contribution < 1.29 is 18.7 Å². The monoisotopic (exact) mass is 412 g/mol. The standard InChI is InChI=1S/C24H29FN2O3/c1-24(2,3)30-23(28)26-9-7-18-14-21-22(15-19(18)8-10-26)29-12-11-27(21)16-17-5-4-6-20(25)13-17/h4-6,13-15H,7-12,16H2,1-3H3. The molecule has 0 spiro atoms. The summed E-state index contributed by atoms with van der Waals surface area (Å²) < 4.78 is 25.1. The molecule has 2 aromatic rings. The number of fused-ring (bicyclic) bond motifs is 2. The summed E-state index contributed by atoms with van der Waals surface area (Å²) in [7, 11) is 0. The van der Waals surface area contributed by atoms with Crippen LogP contribution in [0, 0.1) is 5.82 Å². The maximum absolute atomic E-state index is 13.6. The summed E-state index contributed by atoms with van der Waals surface area (Å²) in [5.41, 5.74) is 3.92. The third-order valence-corrected chi connectivity index (χ3v) is 5.46. The molecule has 0 atom stereocenters. The van der Waals surface area contributed by atoms with E-state index in [-0.39, 0.29) is 11.9 Å². The normalized spacial score (nSPS) is 16.3. The molecular formula is C24H29FN2O3. The van der Waals surface area contributed by atoms with Gasteiger partial charge in [0.2, 0.25) is 0 Å². The van der Waals surface area contributed by atoms with Crippen molar-refractivity contribution in [1.29, 1.82) is 0 Å². The van der Waals surface area contributed by atoms with Crippen molar-refractivity contribution in [3.05, 3.63) is 58.9 Å². The Hall–Kier alpha value is -2.76. The van der Waals surface area contributed by atoms with Crippen LogP contribution in [0.15, 0.2) is 36.4 Å². The summed E-state index contributed by atoms with van der Waals surface area (Å²) in [6, 6.07) is 11.0. The van der Waals surface area contributed by atoms with Crippen molar-refractivity contribution in [3.8, 4) is 5.75 Å². The first kappa shape index (κ1) is 20.5. The number of rotatable bonds is 2. The number of carbonyl (C=O) groups excluding carboxylic acids is 1. The zero-order chi connectivity index (χ0) is 21.3. The van der Waals surface area contributed by atoms with Gasteiger partial charge in [-0.05, 0) is 74.6 Å². The average Bonchev–Trinajstić information content (AvgIpc) is 2.88. The van der Waals surface area contributed by atoms with Gasteiger partial charge in [0.15, 0.2) is 0 Å². The molecule has 4 rings (SSSR count). The van der Waals surface area contributed by atoms with Crippen molar-refractivity contribution in [2.75, 3.05) is 31.1 Å². The van der Waals surface area contributed by atoms with Crippen LogP contribution in [-0.4, -0.2) is 42.8 Å². The molecule has 0 aliphatic carbocycles. The van der Waals surface area contributed by atoms with Gasteiger partial charge in [0, 0.05) is 19.6 Å². The third kappa shape index (κ3) is 4.69. The predicted molar refractivity (Wildman–Crippen MR) is 115 cm³/mol. The molecule has 30 heavy (non-hydrogen) atoms. The van der Waals surface area contributed by atoms with Gasteiger partial charge in [-0.2, -0.15) is 0 Å². The molecule has 5 nitrogen and oxygen atoms in total. The van der Waals surface area contributed by atoms with Crippen LogP contribution >= 0.6 is 0 Å². The van der Waals surface area contributed by atoms with Crippen LogP contribution in [0.3, 0.4) is 0 Å². The lowest BCUT2D eigenvalue weighted by molar-refractivity contribution is 0.0258. The van der Waals surface area contributed by atoms with Gasteiger partial charge < -0.3 is 19.3 Å². The molecule has 0 unspecified atom stereocenters. The summed E-state index contributed by atoms with van der Waals surface area (Å²) in [6.45, 7) is 8.91. The molecule has 160 valence electrons. The minimum Gasteiger partial charge on any atom is -0.490 e. The van der Waals surface area contributed by atoms with Gasteiger partial charge in [-0.1, -0.05) is 12.1 Å². The van der Waals surface area contributed by atoms with E-state index in [1.54, 1.807) is 17.0 Å². The number of halogens is 1. The average molecular weight is 413 g/mol. The van der Waals surface area contributed by atoms with Gasteiger partial charge in [0.05, 0.1) is 12.2 Å². The number of carbonyl (C=O) groups is 1. The largest absolute Gasteiger partial charge is 0.490 e. The number of ether oxygens (including phenoxy) is 2. The van der Waals surface area contributed by atoms with E-state index >= 15 is 0 Å². The first-order valence-corrected chi connectivity index (χ1v) is 10.5. The lowest BCUT2D eigenvalue weighted by Gasteiger charge is -2.32. The summed E-state index contributed by atoms with van der Waals surface area (Å²) in [4.78, 5) is 16.5. The van der Waals surface area contributed by atoms with E-state index in [0.29, 0.717) is 26.2 Å². The van der Waals surface area contributed by atoms with Crippen LogP contribution in [0.25, 0.3) is 0 Å². The Labute approximate surface area is 177 Å². The third-order valence-electron chi connectivity index (χ3n) is 5.46. The molecule has 6 heteroatoms. The van der Waals surface area contributed by atoms with E-state index in [1.165, 1.54) is 17.2 Å². The number of anilines is 1. The van der Waals surface area contributed by atoms with E-state index in [2.05, 4.69) is 17.0 Å². The smallest absolute Gasteiger partial charge is 0.410 e. The van der Waals surface area contributed by atoms with Gasteiger partial charge in [-0.25, -0.2) is 9.18 Å². The Bertz CT molecular complexity index is 939. The van der Waals surface area contributed by atoms with Crippen LogP contribution in [0.1, 0.15) is 37.5 Å². The molecule has 0 saturated carbocycles. The lowest BCUT2D eigenvalue weighted by atomic mass is 10.00. The summed E-state index contributed by atoms with van der Waals surface area (Å²) in [6.07, 6.45) is 1.29. The van der Waals surface area contributed by atoms with Crippen molar-refractivity contribution in [2.24, 2.45) is 0 Å². The second-order valence-electron chi connectivity index (χ2n) is 8.96. The molecule has 2 aliphatic rings. The Morgan fingerprint density at radius 3 is 2.53 bits per heavy atom. The highest BCUT2D eigenvalue weighted by Crippen LogP contribution is 2.36. The van der Waals surface area contributed by atoms with Crippen LogP contribution in [0.4, 0.5) is 14.9 Å². The first-order valence-electron chi connectivity index (χ1n) is 10.5. The number of hydrogen-bond donors (Lipinski definition) is 0. The van der Waals surface area contributed by atoms with Crippen LogP contribution in [-0.2, 0) is 24.1 Å². The van der Waals surface area contributed by atoms with Crippen molar-refractivity contribution in [2.45, 2.75) is 45.8 Å². The first-order chi connectivity index (χ1) is 14.3. The quantitative estimate of drug-likeness (QED) is 0.725. The van der Waals surface area contributed by atoms with Crippen molar-refractivity contribution >= 4 is 11.8 Å². The predicted octanol–water partition coefficient (Wildman–Crippen LogP) is 4.56. The van der Waals surface area contributed by atoms with E-state index < -0.39 is 5.60 Å². The van der Waals surface area contributed by atoms with Gasteiger partial charge in [0.1, 0.15) is 23.8 Å². The summed E-state index contributed by atoms with van der Waals surface area (Å²) >= 11 is 0. The van der Waals surface area contributed by atoms with Crippen LogP contribution in [0.5, 0.6) is 5.75 Å². The maximum atomic E-state index is 13.6. The fraction of sp³-hybridized carbons (Fsp3) is 0.458. The van der Waals surface area contributed by atoms with Gasteiger partial charge in [-0.15, -0.1) is 0 Å². The van der Waals surface area contributed by atoms with E-state index in [4.69, 9.17) is 9.47 Å². The topological polar surface area (TPSA) is 42.0 Å². The zero-order valence-corrected chi connectivity index (χ0v) is 17.9. The second-order valence-corrected chi connectivity index (χ2v) is 8.96. The molecule has 0 bridgehead atoms. The highest BCUT2D eigenvalue weighted by atomic mass is 19.1. The number of hydrogen-bond acceptors (Lipinski definition) is 4. The van der Waals surface area contributed by atoms with Gasteiger partial charge in [-0.3, -0.25) is 0 Å². The van der Waals surface area contributed by atoms with E-state index in [9.17, 15) is 9.18 Å². The molecule has 0 saturated heterocycles. The zero-order valence-electron chi connectivity index (χ0n) is 17.9. The fourth-order valence-electron chi connectivity index (χ4n) is 4.02. The molecule has 0 fully saturated rings. The van der Waals surface area contributed by atoms with Crippen molar-refractivity contribution in [3.63, 3.8) is 0 Å². The molecular weight excluding hydrogens is 383 g/mol. The molecule has 2 heterocycles. The minimum absolute atomic E-state index is 0.217. The summed E-state index contributed by atoms with van der Waals surface area (Å²) in [5, 5.41) is 0. The Morgan fingerprint density at radius 1 is 1.10 bits per heavy atom. The van der Waals surface area contributed by atoms with E-state index in [1.807, 2.05) is 26.8 Å².